The van der Waals surface area contributed by atoms with Gasteiger partial charge in [-0.1, -0.05) is 23.7 Å². The number of hydrogen-bond donors (Lipinski definition) is 0. The summed E-state index contributed by atoms with van der Waals surface area (Å²) in [6, 6.07) is 13.3. The Bertz CT molecular complexity index is 546. The molecule has 0 radical (unpaired) electrons. The van der Waals surface area contributed by atoms with Crippen molar-refractivity contribution in [1.82, 2.24) is 4.98 Å². The molecule has 2 rings (SSSR count). The second-order valence-electron chi connectivity index (χ2n) is 3.39. The molecule has 1 aromatic heterocycles. The van der Waals surface area contributed by atoms with Crippen LogP contribution < -0.4 is 0 Å². The molecule has 0 unspecified atom stereocenters. The van der Waals surface area contributed by atoms with Crippen LogP contribution >= 0.6 is 23.4 Å². The number of aromatic nitrogens is 1. The highest BCUT2D eigenvalue weighted by Gasteiger charge is 2.02. The summed E-state index contributed by atoms with van der Waals surface area (Å²) in [6.07, 6.45) is 1.73. The molecule has 84 valence electrons. The molecule has 0 atom stereocenters. The van der Waals surface area contributed by atoms with Gasteiger partial charge in [-0.25, -0.2) is 4.98 Å². The number of hydrogen-bond acceptors (Lipinski definition) is 3. The van der Waals surface area contributed by atoms with Crippen molar-refractivity contribution in [3.8, 4) is 6.07 Å². The molecule has 0 N–H and O–H groups in total. The molecule has 0 aliphatic rings. The van der Waals surface area contributed by atoms with Crippen molar-refractivity contribution in [1.29, 1.82) is 5.26 Å². The second-order valence-corrected chi connectivity index (χ2v) is 4.76. The Morgan fingerprint density at radius 1 is 1.24 bits per heavy atom. The summed E-state index contributed by atoms with van der Waals surface area (Å²) in [6.45, 7) is 0. The summed E-state index contributed by atoms with van der Waals surface area (Å²) in [5, 5.41) is 10.2. The van der Waals surface area contributed by atoms with E-state index in [4.69, 9.17) is 16.9 Å². The molecule has 2 nitrogen and oxygen atoms in total. The summed E-state index contributed by atoms with van der Waals surface area (Å²) in [4.78, 5) is 4.21. The largest absolute Gasteiger partial charge is 0.248 e. The van der Waals surface area contributed by atoms with E-state index >= 15 is 0 Å². The van der Waals surface area contributed by atoms with Crippen molar-refractivity contribution >= 4 is 23.4 Å². The molecule has 0 saturated heterocycles. The van der Waals surface area contributed by atoms with E-state index in [-0.39, 0.29) is 0 Å². The maximum Gasteiger partial charge on any atom is 0.115 e. The molecule has 0 bridgehead atoms. The third kappa shape index (κ3) is 3.23. The van der Waals surface area contributed by atoms with Gasteiger partial charge in [0.25, 0.3) is 0 Å². The van der Waals surface area contributed by atoms with Crippen LogP contribution in [-0.2, 0) is 5.75 Å². The van der Waals surface area contributed by atoms with Gasteiger partial charge < -0.3 is 0 Å². The van der Waals surface area contributed by atoms with E-state index < -0.39 is 0 Å². The monoisotopic (exact) mass is 260 g/mol. The quantitative estimate of drug-likeness (QED) is 0.786. The van der Waals surface area contributed by atoms with E-state index in [1.54, 1.807) is 18.0 Å². The van der Waals surface area contributed by atoms with Crippen LogP contribution in [0.3, 0.4) is 0 Å². The first kappa shape index (κ1) is 12.0. The molecular formula is C13H9ClN2S. The number of thioether (sulfide) groups is 1. The summed E-state index contributed by atoms with van der Waals surface area (Å²) >= 11 is 7.60. The molecular weight excluding hydrogens is 252 g/mol. The molecule has 2 aromatic rings. The topological polar surface area (TPSA) is 36.7 Å². The number of benzene rings is 1. The van der Waals surface area contributed by atoms with Crippen LogP contribution in [0.1, 0.15) is 11.1 Å². The van der Waals surface area contributed by atoms with Crippen LogP contribution in [0.15, 0.2) is 47.6 Å². The van der Waals surface area contributed by atoms with Gasteiger partial charge in [-0.15, -0.1) is 11.8 Å². The van der Waals surface area contributed by atoms with Gasteiger partial charge in [0.2, 0.25) is 0 Å². The molecule has 0 aliphatic carbocycles. The van der Waals surface area contributed by atoms with E-state index in [9.17, 15) is 0 Å². The maximum atomic E-state index is 8.69. The normalized spacial score (nSPS) is 9.88. The van der Waals surface area contributed by atoms with Crippen molar-refractivity contribution in [2.75, 3.05) is 0 Å². The molecule has 0 aliphatic heterocycles. The number of pyridine rings is 1. The molecule has 1 heterocycles. The zero-order chi connectivity index (χ0) is 12.1. The van der Waals surface area contributed by atoms with Crippen molar-refractivity contribution in [2.24, 2.45) is 0 Å². The van der Waals surface area contributed by atoms with Crippen molar-refractivity contribution in [3.63, 3.8) is 0 Å². The van der Waals surface area contributed by atoms with Crippen LogP contribution in [0.5, 0.6) is 0 Å². The van der Waals surface area contributed by atoms with Gasteiger partial charge in [-0.05, 0) is 29.8 Å². The average molecular weight is 261 g/mol. The third-order valence-corrected chi connectivity index (χ3v) is 3.68. The van der Waals surface area contributed by atoms with E-state index in [2.05, 4.69) is 11.1 Å². The fourth-order valence-electron chi connectivity index (χ4n) is 1.30. The highest BCUT2D eigenvalue weighted by atomic mass is 35.5. The van der Waals surface area contributed by atoms with Gasteiger partial charge in [0.1, 0.15) is 5.03 Å². The molecule has 4 heteroatoms. The molecule has 0 fully saturated rings. The first-order chi connectivity index (χ1) is 8.29. The smallest absolute Gasteiger partial charge is 0.115 e. The van der Waals surface area contributed by atoms with Gasteiger partial charge in [-0.2, -0.15) is 5.26 Å². The Kier molecular flexibility index (Phi) is 4.03. The highest BCUT2D eigenvalue weighted by molar-refractivity contribution is 7.98. The second kappa shape index (κ2) is 5.72. The lowest BCUT2D eigenvalue weighted by atomic mass is 10.2. The van der Waals surface area contributed by atoms with E-state index in [0.29, 0.717) is 10.6 Å². The van der Waals surface area contributed by atoms with E-state index in [1.807, 2.05) is 36.4 Å². The first-order valence-corrected chi connectivity index (χ1v) is 6.38. The van der Waals surface area contributed by atoms with Crippen LogP contribution in [0.25, 0.3) is 0 Å². The number of halogens is 1. The highest BCUT2D eigenvalue weighted by Crippen LogP contribution is 2.27. The van der Waals surface area contributed by atoms with Gasteiger partial charge in [0.05, 0.1) is 16.7 Å². The number of nitriles is 1. The summed E-state index contributed by atoms with van der Waals surface area (Å²) in [7, 11) is 0. The molecule has 0 saturated carbocycles. The Balaban J connectivity index is 2.03. The fourth-order valence-corrected chi connectivity index (χ4v) is 2.43. The van der Waals surface area contributed by atoms with Crippen LogP contribution in [-0.4, -0.2) is 4.98 Å². The van der Waals surface area contributed by atoms with Crippen LogP contribution in [0.2, 0.25) is 5.02 Å². The van der Waals surface area contributed by atoms with Gasteiger partial charge >= 0.3 is 0 Å². The molecule has 0 spiro atoms. The lowest BCUT2D eigenvalue weighted by Crippen LogP contribution is -1.84. The minimum atomic E-state index is 0.672. The van der Waals surface area contributed by atoms with E-state index in [1.165, 1.54) is 0 Å². The first-order valence-electron chi connectivity index (χ1n) is 5.02. The van der Waals surface area contributed by atoms with Crippen LogP contribution in [0.4, 0.5) is 0 Å². The maximum absolute atomic E-state index is 8.69. The zero-order valence-electron chi connectivity index (χ0n) is 8.93. The van der Waals surface area contributed by atoms with Crippen molar-refractivity contribution < 1.29 is 0 Å². The predicted octanol–water partition coefficient (Wildman–Crippen LogP) is 3.90. The lowest BCUT2D eigenvalue weighted by Gasteiger charge is -2.02. The number of rotatable bonds is 3. The average Bonchev–Trinajstić information content (AvgIpc) is 2.38. The lowest BCUT2D eigenvalue weighted by molar-refractivity contribution is 1.13. The molecule has 17 heavy (non-hydrogen) atoms. The standard InChI is InChI=1S/C13H9ClN2S/c14-12-2-1-7-16-13(12)17-9-11-5-3-10(8-15)4-6-11/h1-7H,9H2. The van der Waals surface area contributed by atoms with E-state index in [0.717, 1.165) is 16.3 Å². The third-order valence-electron chi connectivity index (χ3n) is 2.18. The predicted molar refractivity (Wildman–Crippen MR) is 70.0 cm³/mol. The van der Waals surface area contributed by atoms with Crippen molar-refractivity contribution in [3.05, 3.63) is 58.7 Å². The van der Waals surface area contributed by atoms with Gasteiger partial charge in [0, 0.05) is 11.9 Å². The summed E-state index contributed by atoms with van der Waals surface area (Å²) in [5.41, 5.74) is 1.82. The zero-order valence-corrected chi connectivity index (χ0v) is 10.5. The van der Waals surface area contributed by atoms with Crippen molar-refractivity contribution in [2.45, 2.75) is 10.8 Å². The summed E-state index contributed by atoms with van der Waals surface area (Å²) < 4.78 is 0. The SMILES string of the molecule is N#Cc1ccc(CSc2ncccc2Cl)cc1. The minimum Gasteiger partial charge on any atom is -0.248 e. The Labute approximate surface area is 109 Å². The number of nitrogens with zero attached hydrogens (tertiary/aromatic N) is 2. The van der Waals surface area contributed by atoms with Crippen LogP contribution in [0, 0.1) is 11.3 Å². The fraction of sp³-hybridized carbons (Fsp3) is 0.0769. The Morgan fingerprint density at radius 3 is 2.65 bits per heavy atom. The molecule has 1 aromatic carbocycles. The van der Waals surface area contributed by atoms with Gasteiger partial charge in [0.15, 0.2) is 0 Å². The molecule has 0 amide bonds. The van der Waals surface area contributed by atoms with Gasteiger partial charge in [-0.3, -0.25) is 0 Å². The Morgan fingerprint density at radius 2 is 2.00 bits per heavy atom. The minimum absolute atomic E-state index is 0.672. The summed E-state index contributed by atoms with van der Waals surface area (Å²) in [5.74, 6) is 0.794. The Hall–Kier alpha value is -1.50.